The fraction of sp³-hybridized carbons (Fsp3) is 0.500. The van der Waals surface area contributed by atoms with E-state index in [9.17, 15) is 4.79 Å². The molecular formula is C18H24ClN5O. The summed E-state index contributed by atoms with van der Waals surface area (Å²) >= 11 is 6.13. The standard InChI is InChI=1S/C18H24ClN5O/c1-14-22-21-13-24(14)11-10-23-8-6-15(7-9-23)18(25)20-12-16-4-2-3-5-17(16)19/h2-5,13,15H,6-12H2,1H3,(H,20,25). The molecule has 1 aliphatic heterocycles. The molecule has 0 unspecified atom stereocenters. The van der Waals surface area contributed by atoms with Gasteiger partial charge in [-0.05, 0) is 44.5 Å². The summed E-state index contributed by atoms with van der Waals surface area (Å²) in [4.78, 5) is 14.8. The molecule has 1 amide bonds. The maximum atomic E-state index is 12.4. The van der Waals surface area contributed by atoms with E-state index in [1.165, 1.54) is 0 Å². The fourth-order valence-electron chi connectivity index (χ4n) is 3.17. The molecule has 3 rings (SSSR count). The minimum atomic E-state index is 0.0929. The number of likely N-dealkylation sites (tertiary alicyclic amines) is 1. The molecule has 7 heteroatoms. The molecule has 0 aliphatic carbocycles. The van der Waals surface area contributed by atoms with Gasteiger partial charge in [-0.15, -0.1) is 10.2 Å². The monoisotopic (exact) mass is 361 g/mol. The van der Waals surface area contributed by atoms with Gasteiger partial charge in [-0.25, -0.2) is 0 Å². The third kappa shape index (κ3) is 4.80. The molecule has 1 fully saturated rings. The summed E-state index contributed by atoms with van der Waals surface area (Å²) < 4.78 is 2.06. The van der Waals surface area contributed by atoms with Gasteiger partial charge >= 0.3 is 0 Å². The quantitative estimate of drug-likeness (QED) is 0.857. The number of carbonyl (C=O) groups is 1. The van der Waals surface area contributed by atoms with E-state index in [0.717, 1.165) is 50.4 Å². The number of nitrogens with one attached hydrogen (secondary N) is 1. The number of hydrogen-bond donors (Lipinski definition) is 1. The summed E-state index contributed by atoms with van der Waals surface area (Å²) in [5.41, 5.74) is 0.958. The second-order valence-electron chi connectivity index (χ2n) is 6.50. The van der Waals surface area contributed by atoms with E-state index >= 15 is 0 Å². The van der Waals surface area contributed by atoms with Crippen molar-refractivity contribution in [2.75, 3.05) is 19.6 Å². The molecule has 1 aromatic heterocycles. The summed E-state index contributed by atoms with van der Waals surface area (Å²) in [5, 5.41) is 11.6. The number of halogens is 1. The number of piperidine rings is 1. The molecule has 134 valence electrons. The zero-order valence-corrected chi connectivity index (χ0v) is 15.2. The third-order valence-electron chi connectivity index (χ3n) is 4.84. The van der Waals surface area contributed by atoms with Crippen LogP contribution in [-0.4, -0.2) is 45.2 Å². The first-order chi connectivity index (χ1) is 12.1. The van der Waals surface area contributed by atoms with Crippen LogP contribution >= 0.6 is 11.6 Å². The Morgan fingerprint density at radius 3 is 2.72 bits per heavy atom. The predicted octanol–water partition coefficient (Wildman–Crippen LogP) is 2.27. The van der Waals surface area contributed by atoms with Crippen molar-refractivity contribution in [2.45, 2.75) is 32.9 Å². The summed E-state index contributed by atoms with van der Waals surface area (Å²) in [7, 11) is 0. The number of rotatable bonds is 6. The Kier molecular flexibility index (Phi) is 6.04. The van der Waals surface area contributed by atoms with Crippen LogP contribution in [0.4, 0.5) is 0 Å². The lowest BCUT2D eigenvalue weighted by molar-refractivity contribution is -0.126. The Labute approximate surface area is 153 Å². The number of nitrogens with zero attached hydrogens (tertiary/aromatic N) is 4. The highest BCUT2D eigenvalue weighted by molar-refractivity contribution is 6.31. The van der Waals surface area contributed by atoms with E-state index in [0.29, 0.717) is 11.6 Å². The van der Waals surface area contributed by atoms with Gasteiger partial charge in [0.1, 0.15) is 12.2 Å². The first kappa shape index (κ1) is 17.9. The first-order valence-corrected chi connectivity index (χ1v) is 9.09. The molecular weight excluding hydrogens is 338 g/mol. The Morgan fingerprint density at radius 1 is 1.28 bits per heavy atom. The first-order valence-electron chi connectivity index (χ1n) is 8.71. The number of aryl methyl sites for hydroxylation is 1. The van der Waals surface area contributed by atoms with Crippen molar-refractivity contribution in [2.24, 2.45) is 5.92 Å². The molecule has 1 saturated heterocycles. The maximum absolute atomic E-state index is 12.4. The maximum Gasteiger partial charge on any atom is 0.223 e. The van der Waals surface area contributed by atoms with Crippen LogP contribution in [0.1, 0.15) is 24.2 Å². The molecule has 0 bridgehead atoms. The molecule has 2 heterocycles. The van der Waals surface area contributed by atoms with Crippen molar-refractivity contribution < 1.29 is 4.79 Å². The molecule has 0 atom stereocenters. The highest BCUT2D eigenvalue weighted by atomic mass is 35.5. The van der Waals surface area contributed by atoms with Gasteiger partial charge in [0.2, 0.25) is 5.91 Å². The van der Waals surface area contributed by atoms with Crippen LogP contribution in [0.3, 0.4) is 0 Å². The molecule has 0 radical (unpaired) electrons. The Hall–Kier alpha value is -1.92. The van der Waals surface area contributed by atoms with Crippen LogP contribution in [-0.2, 0) is 17.9 Å². The van der Waals surface area contributed by atoms with Gasteiger partial charge in [0.05, 0.1) is 0 Å². The number of amides is 1. The van der Waals surface area contributed by atoms with Gasteiger partial charge in [0, 0.05) is 30.6 Å². The zero-order chi connectivity index (χ0) is 17.6. The van der Waals surface area contributed by atoms with Crippen LogP contribution in [0.2, 0.25) is 5.02 Å². The van der Waals surface area contributed by atoms with Crippen molar-refractivity contribution in [3.05, 3.63) is 47.0 Å². The normalized spacial score (nSPS) is 16.1. The zero-order valence-electron chi connectivity index (χ0n) is 14.5. The van der Waals surface area contributed by atoms with Gasteiger partial charge < -0.3 is 14.8 Å². The number of benzene rings is 1. The number of carbonyl (C=O) groups excluding carboxylic acids is 1. The minimum Gasteiger partial charge on any atom is -0.352 e. The van der Waals surface area contributed by atoms with Crippen molar-refractivity contribution >= 4 is 17.5 Å². The number of hydrogen-bond acceptors (Lipinski definition) is 4. The highest BCUT2D eigenvalue weighted by Gasteiger charge is 2.24. The van der Waals surface area contributed by atoms with Gasteiger partial charge in [0.15, 0.2) is 0 Å². The fourth-order valence-corrected chi connectivity index (χ4v) is 3.37. The lowest BCUT2D eigenvalue weighted by Gasteiger charge is -2.31. The summed E-state index contributed by atoms with van der Waals surface area (Å²) in [6.45, 7) is 6.21. The SMILES string of the molecule is Cc1nncn1CCN1CCC(C(=O)NCc2ccccc2Cl)CC1. The van der Waals surface area contributed by atoms with Crippen LogP contribution in [0.15, 0.2) is 30.6 Å². The van der Waals surface area contributed by atoms with Gasteiger partial charge in [0.25, 0.3) is 0 Å². The molecule has 2 aromatic rings. The van der Waals surface area contributed by atoms with E-state index in [1.54, 1.807) is 6.33 Å². The minimum absolute atomic E-state index is 0.0929. The smallest absolute Gasteiger partial charge is 0.223 e. The van der Waals surface area contributed by atoms with Gasteiger partial charge in [-0.3, -0.25) is 4.79 Å². The van der Waals surface area contributed by atoms with Crippen molar-refractivity contribution in [3.8, 4) is 0 Å². The van der Waals surface area contributed by atoms with Crippen LogP contribution in [0, 0.1) is 12.8 Å². The summed E-state index contributed by atoms with van der Waals surface area (Å²) in [6.07, 6.45) is 3.56. The predicted molar refractivity (Wildman–Crippen MR) is 97.2 cm³/mol. The second-order valence-corrected chi connectivity index (χ2v) is 6.90. The molecule has 1 N–H and O–H groups in total. The second kappa shape index (κ2) is 8.45. The van der Waals surface area contributed by atoms with Gasteiger partial charge in [-0.2, -0.15) is 0 Å². The topological polar surface area (TPSA) is 63.1 Å². The van der Waals surface area contributed by atoms with Crippen molar-refractivity contribution in [1.29, 1.82) is 0 Å². The lowest BCUT2D eigenvalue weighted by Crippen LogP contribution is -2.41. The van der Waals surface area contributed by atoms with E-state index in [-0.39, 0.29) is 11.8 Å². The Bertz CT molecular complexity index is 709. The molecule has 0 spiro atoms. The van der Waals surface area contributed by atoms with Crippen LogP contribution in [0.5, 0.6) is 0 Å². The largest absolute Gasteiger partial charge is 0.352 e. The molecule has 25 heavy (non-hydrogen) atoms. The molecule has 6 nitrogen and oxygen atoms in total. The van der Waals surface area contributed by atoms with Crippen molar-refractivity contribution in [3.63, 3.8) is 0 Å². The highest BCUT2D eigenvalue weighted by Crippen LogP contribution is 2.19. The Balaban J connectivity index is 1.40. The van der Waals surface area contributed by atoms with E-state index in [4.69, 9.17) is 11.6 Å². The van der Waals surface area contributed by atoms with Crippen LogP contribution in [0.25, 0.3) is 0 Å². The Morgan fingerprint density at radius 2 is 2.04 bits per heavy atom. The van der Waals surface area contributed by atoms with E-state index < -0.39 is 0 Å². The van der Waals surface area contributed by atoms with Crippen molar-refractivity contribution in [1.82, 2.24) is 25.0 Å². The summed E-state index contributed by atoms with van der Waals surface area (Å²) in [5.74, 6) is 1.17. The van der Waals surface area contributed by atoms with Gasteiger partial charge in [-0.1, -0.05) is 29.8 Å². The third-order valence-corrected chi connectivity index (χ3v) is 5.20. The average molecular weight is 362 g/mol. The lowest BCUT2D eigenvalue weighted by atomic mass is 9.96. The van der Waals surface area contributed by atoms with E-state index in [2.05, 4.69) is 25.0 Å². The summed E-state index contributed by atoms with van der Waals surface area (Å²) in [6, 6.07) is 7.62. The molecule has 1 aromatic carbocycles. The molecule has 1 aliphatic rings. The average Bonchev–Trinajstić information content (AvgIpc) is 3.04. The van der Waals surface area contributed by atoms with E-state index in [1.807, 2.05) is 31.2 Å². The molecule has 0 saturated carbocycles. The van der Waals surface area contributed by atoms with Crippen LogP contribution < -0.4 is 5.32 Å². The number of aromatic nitrogens is 3.